The Labute approximate surface area is 89.5 Å². The third-order valence-corrected chi connectivity index (χ3v) is 1.93. The highest BCUT2D eigenvalue weighted by Gasteiger charge is 2.37. The number of rotatable bonds is 0. The Kier molecular flexibility index (Phi) is 3.08. The van der Waals surface area contributed by atoms with Gasteiger partial charge in [0, 0.05) is 5.56 Å². The number of hydrogen-bond acceptors (Lipinski definition) is 2. The van der Waals surface area contributed by atoms with E-state index in [0.717, 1.165) is 6.92 Å². The van der Waals surface area contributed by atoms with Crippen molar-refractivity contribution in [2.24, 2.45) is 0 Å². The number of halogens is 4. The molecule has 2 N–H and O–H groups in total. The predicted octanol–water partition coefficient (Wildman–Crippen LogP) is 2.50. The van der Waals surface area contributed by atoms with Crippen molar-refractivity contribution in [2.75, 3.05) is 5.73 Å². The molecule has 0 aromatic carbocycles. The van der Waals surface area contributed by atoms with Gasteiger partial charge in [0.1, 0.15) is 5.69 Å². The van der Waals surface area contributed by atoms with Gasteiger partial charge in [-0.15, -0.1) is 0 Å². The Balaban J connectivity index is 3.66. The van der Waals surface area contributed by atoms with Gasteiger partial charge in [0.05, 0.1) is 5.56 Å². The maximum absolute atomic E-state index is 13.2. The molecule has 0 bridgehead atoms. The van der Waals surface area contributed by atoms with Crippen molar-refractivity contribution < 1.29 is 17.6 Å². The minimum absolute atomic E-state index is 0.550. The molecule has 0 radical (unpaired) electrons. The van der Waals surface area contributed by atoms with Crippen LogP contribution in [0.5, 0.6) is 0 Å². The van der Waals surface area contributed by atoms with Gasteiger partial charge in [-0.3, -0.25) is 0 Å². The fourth-order valence-corrected chi connectivity index (χ4v) is 1.26. The van der Waals surface area contributed by atoms with E-state index in [1.807, 2.05) is 0 Å². The van der Waals surface area contributed by atoms with E-state index in [-0.39, 0.29) is 0 Å². The fraction of sp³-hybridized carbons (Fsp3) is 0.300. The van der Waals surface area contributed by atoms with Crippen LogP contribution >= 0.6 is 0 Å². The first-order valence-electron chi connectivity index (χ1n) is 4.24. The molecule has 0 unspecified atom stereocenters. The lowest BCUT2D eigenvalue weighted by molar-refractivity contribution is -0.138. The van der Waals surface area contributed by atoms with Gasteiger partial charge in [0.2, 0.25) is 0 Å². The fourth-order valence-electron chi connectivity index (χ4n) is 1.26. The summed E-state index contributed by atoms with van der Waals surface area (Å²) in [4.78, 5) is 3.30. The van der Waals surface area contributed by atoms with E-state index in [4.69, 9.17) is 5.73 Å². The minimum atomic E-state index is -4.70. The van der Waals surface area contributed by atoms with Gasteiger partial charge >= 0.3 is 6.18 Å². The zero-order valence-electron chi connectivity index (χ0n) is 8.54. The topological polar surface area (TPSA) is 38.9 Å². The van der Waals surface area contributed by atoms with Gasteiger partial charge in [-0.25, -0.2) is 9.37 Å². The number of nitrogen functional groups attached to an aromatic ring is 1. The maximum atomic E-state index is 13.2. The molecular weight excluding hydrogens is 224 g/mol. The van der Waals surface area contributed by atoms with Gasteiger partial charge in [0.25, 0.3) is 0 Å². The molecule has 1 rings (SSSR count). The molecule has 0 atom stereocenters. The number of alkyl halides is 3. The van der Waals surface area contributed by atoms with Crippen molar-refractivity contribution in [2.45, 2.75) is 20.0 Å². The second kappa shape index (κ2) is 4.00. The molecule has 2 nitrogen and oxygen atoms in total. The van der Waals surface area contributed by atoms with E-state index in [9.17, 15) is 17.6 Å². The Hall–Kier alpha value is -1.77. The number of pyridine rings is 1. The van der Waals surface area contributed by atoms with Crippen LogP contribution in [0.4, 0.5) is 23.4 Å². The number of nitrogens with zero attached hydrogens (tertiary/aromatic N) is 1. The lowest BCUT2D eigenvalue weighted by atomic mass is 10.1. The van der Waals surface area contributed by atoms with Crippen LogP contribution in [0.15, 0.2) is 0 Å². The molecule has 86 valence electrons. The van der Waals surface area contributed by atoms with E-state index in [0.29, 0.717) is 0 Å². The van der Waals surface area contributed by atoms with Crippen LogP contribution in [0.1, 0.15) is 23.7 Å². The largest absolute Gasteiger partial charge is 0.419 e. The van der Waals surface area contributed by atoms with Gasteiger partial charge in [0.15, 0.2) is 11.6 Å². The molecule has 0 spiro atoms. The van der Waals surface area contributed by atoms with Crippen LogP contribution in [0.3, 0.4) is 0 Å². The van der Waals surface area contributed by atoms with E-state index < -0.39 is 34.6 Å². The number of hydrogen-bond donors (Lipinski definition) is 1. The molecular formula is C10H8F4N2. The van der Waals surface area contributed by atoms with Gasteiger partial charge in [-0.05, 0) is 19.8 Å². The first-order valence-corrected chi connectivity index (χ1v) is 4.24. The number of nitrogens with two attached hydrogens (primary N) is 1. The Morgan fingerprint density at radius 2 is 1.88 bits per heavy atom. The summed E-state index contributed by atoms with van der Waals surface area (Å²) in [5.41, 5.74) is 2.83. The molecule has 1 heterocycles. The Bertz CT molecular complexity index is 480. The first-order chi connectivity index (χ1) is 7.29. The predicted molar refractivity (Wildman–Crippen MR) is 50.9 cm³/mol. The van der Waals surface area contributed by atoms with Gasteiger partial charge in [-0.2, -0.15) is 13.2 Å². The lowest BCUT2D eigenvalue weighted by Crippen LogP contribution is -2.15. The van der Waals surface area contributed by atoms with Crippen LogP contribution in [0, 0.1) is 24.6 Å². The van der Waals surface area contributed by atoms with Crippen molar-refractivity contribution in [1.29, 1.82) is 0 Å². The van der Waals surface area contributed by atoms with Crippen molar-refractivity contribution in [3.63, 3.8) is 0 Å². The average molecular weight is 232 g/mol. The Morgan fingerprint density at radius 3 is 2.31 bits per heavy atom. The number of anilines is 1. The molecule has 0 aliphatic heterocycles. The van der Waals surface area contributed by atoms with Crippen molar-refractivity contribution >= 4 is 5.82 Å². The molecule has 6 heteroatoms. The summed E-state index contributed by atoms with van der Waals surface area (Å²) >= 11 is 0. The summed E-state index contributed by atoms with van der Waals surface area (Å²) < 4.78 is 51.1. The van der Waals surface area contributed by atoms with Crippen molar-refractivity contribution in [1.82, 2.24) is 4.98 Å². The summed E-state index contributed by atoms with van der Waals surface area (Å²) in [5.74, 6) is 2.70. The molecule has 0 aliphatic carbocycles. The third-order valence-electron chi connectivity index (χ3n) is 1.93. The van der Waals surface area contributed by atoms with E-state index in [1.54, 1.807) is 0 Å². The minimum Gasteiger partial charge on any atom is -0.381 e. The van der Waals surface area contributed by atoms with Gasteiger partial charge < -0.3 is 5.73 Å². The monoisotopic (exact) mass is 232 g/mol. The summed E-state index contributed by atoms with van der Waals surface area (Å²) in [7, 11) is 0. The molecule has 0 saturated heterocycles. The standard InChI is InChI=1S/C10H8F4N2/c1-3-4-6-7(10(12,13)14)5(2)8(11)9(15)16-6/h1-2H3,(H2,15,16). The highest BCUT2D eigenvalue weighted by molar-refractivity contribution is 5.49. The molecule has 0 fully saturated rings. The molecule has 0 aliphatic rings. The van der Waals surface area contributed by atoms with E-state index in [1.165, 1.54) is 6.92 Å². The number of aromatic nitrogens is 1. The van der Waals surface area contributed by atoms with Crippen molar-refractivity contribution in [3.05, 3.63) is 22.6 Å². The van der Waals surface area contributed by atoms with E-state index in [2.05, 4.69) is 16.8 Å². The molecule has 0 saturated carbocycles. The van der Waals surface area contributed by atoms with Gasteiger partial charge in [-0.1, -0.05) is 5.92 Å². The maximum Gasteiger partial charge on any atom is 0.419 e. The molecule has 1 aromatic heterocycles. The summed E-state index contributed by atoms with van der Waals surface area (Å²) in [6, 6.07) is 0. The van der Waals surface area contributed by atoms with Crippen LogP contribution < -0.4 is 5.73 Å². The first kappa shape index (κ1) is 12.3. The Morgan fingerprint density at radius 1 is 1.31 bits per heavy atom. The molecule has 0 amide bonds. The smallest absolute Gasteiger partial charge is 0.381 e. The second-order valence-electron chi connectivity index (χ2n) is 3.03. The SMILES string of the molecule is CC#Cc1nc(N)c(F)c(C)c1C(F)(F)F. The highest BCUT2D eigenvalue weighted by Crippen LogP contribution is 2.35. The van der Waals surface area contributed by atoms with E-state index >= 15 is 0 Å². The normalized spacial score (nSPS) is 10.9. The quantitative estimate of drug-likeness (QED) is 0.551. The van der Waals surface area contributed by atoms with Crippen LogP contribution in [0.25, 0.3) is 0 Å². The summed E-state index contributed by atoms with van der Waals surface area (Å²) in [6.07, 6.45) is -4.70. The lowest BCUT2D eigenvalue weighted by Gasteiger charge is -2.13. The molecule has 16 heavy (non-hydrogen) atoms. The summed E-state index contributed by atoms with van der Waals surface area (Å²) in [6.45, 7) is 2.35. The zero-order valence-corrected chi connectivity index (χ0v) is 8.54. The zero-order chi connectivity index (χ0) is 12.5. The average Bonchev–Trinajstić information content (AvgIpc) is 2.12. The highest BCUT2D eigenvalue weighted by atomic mass is 19.4. The van der Waals surface area contributed by atoms with Crippen LogP contribution in [0.2, 0.25) is 0 Å². The molecule has 1 aromatic rings. The second-order valence-corrected chi connectivity index (χ2v) is 3.03. The van der Waals surface area contributed by atoms with Crippen LogP contribution in [-0.2, 0) is 6.18 Å². The third kappa shape index (κ3) is 2.08. The summed E-state index contributed by atoms with van der Waals surface area (Å²) in [5, 5.41) is 0. The van der Waals surface area contributed by atoms with Crippen LogP contribution in [-0.4, -0.2) is 4.98 Å². The van der Waals surface area contributed by atoms with Crippen molar-refractivity contribution in [3.8, 4) is 11.8 Å².